The van der Waals surface area contributed by atoms with E-state index >= 15 is 0 Å². The Labute approximate surface area is 164 Å². The van der Waals surface area contributed by atoms with E-state index in [0.29, 0.717) is 29.3 Å². The van der Waals surface area contributed by atoms with Crippen LogP contribution in [-0.2, 0) is 10.0 Å². The Morgan fingerprint density at radius 2 is 1.81 bits per heavy atom. The molecule has 140 valence electrons. The average Bonchev–Trinajstić information content (AvgIpc) is 3.13. The molecule has 1 saturated heterocycles. The van der Waals surface area contributed by atoms with E-state index in [1.807, 2.05) is 42.5 Å². The first-order valence-electron chi connectivity index (χ1n) is 8.89. The first kappa shape index (κ1) is 18.3. The highest BCUT2D eigenvalue weighted by Crippen LogP contribution is 2.32. The molecule has 0 spiro atoms. The van der Waals surface area contributed by atoms with E-state index in [4.69, 9.17) is 16.3 Å². The van der Waals surface area contributed by atoms with E-state index in [9.17, 15) is 8.42 Å². The minimum absolute atomic E-state index is 0.240. The number of hydrogen-bond acceptors (Lipinski definition) is 3. The molecule has 3 aromatic rings. The molecule has 27 heavy (non-hydrogen) atoms. The molecule has 1 aliphatic rings. The van der Waals surface area contributed by atoms with Gasteiger partial charge >= 0.3 is 0 Å². The fraction of sp³-hybridized carbons (Fsp3) is 0.238. The van der Waals surface area contributed by atoms with Gasteiger partial charge in [-0.05, 0) is 53.9 Å². The molecule has 4 nitrogen and oxygen atoms in total. The van der Waals surface area contributed by atoms with Gasteiger partial charge in [0.25, 0.3) is 0 Å². The molecule has 1 heterocycles. The lowest BCUT2D eigenvalue weighted by atomic mass is 10.1. The summed E-state index contributed by atoms with van der Waals surface area (Å²) in [5.41, 5.74) is 0.565. The van der Waals surface area contributed by atoms with Crippen LogP contribution in [0.5, 0.6) is 5.75 Å². The van der Waals surface area contributed by atoms with Gasteiger partial charge in [0.1, 0.15) is 5.75 Å². The number of hydrogen-bond donors (Lipinski definition) is 0. The van der Waals surface area contributed by atoms with Gasteiger partial charge in [-0.15, -0.1) is 0 Å². The molecular weight excluding hydrogens is 382 g/mol. The van der Waals surface area contributed by atoms with Crippen molar-refractivity contribution >= 4 is 32.4 Å². The Morgan fingerprint density at radius 3 is 2.63 bits per heavy atom. The SMILES string of the molecule is Cc1c(Cl)cccc1S(=O)(=O)N1CCC[C@@H]1Oc1ccc2ccccc2c1. The summed E-state index contributed by atoms with van der Waals surface area (Å²) >= 11 is 6.13. The summed E-state index contributed by atoms with van der Waals surface area (Å²) in [7, 11) is -3.68. The number of ether oxygens (including phenoxy) is 1. The van der Waals surface area contributed by atoms with Gasteiger partial charge in [-0.25, -0.2) is 8.42 Å². The monoisotopic (exact) mass is 401 g/mol. The van der Waals surface area contributed by atoms with Gasteiger partial charge in [0, 0.05) is 18.0 Å². The van der Waals surface area contributed by atoms with Crippen LogP contribution in [-0.4, -0.2) is 25.5 Å². The molecule has 0 unspecified atom stereocenters. The Morgan fingerprint density at radius 1 is 1.04 bits per heavy atom. The van der Waals surface area contributed by atoms with Crippen molar-refractivity contribution in [1.82, 2.24) is 4.31 Å². The Hall–Kier alpha value is -2.08. The molecule has 4 rings (SSSR count). The van der Waals surface area contributed by atoms with Crippen LogP contribution in [0.15, 0.2) is 65.6 Å². The van der Waals surface area contributed by atoms with Crippen molar-refractivity contribution < 1.29 is 13.2 Å². The number of fused-ring (bicyclic) bond motifs is 1. The predicted octanol–water partition coefficient (Wildman–Crippen LogP) is 4.99. The molecular formula is C21H20ClNO3S. The highest BCUT2D eigenvalue weighted by atomic mass is 35.5. The molecule has 3 aromatic carbocycles. The number of rotatable bonds is 4. The molecule has 0 aromatic heterocycles. The molecule has 1 aliphatic heterocycles. The van der Waals surface area contributed by atoms with Crippen molar-refractivity contribution in [2.45, 2.75) is 30.9 Å². The second kappa shape index (κ2) is 7.15. The van der Waals surface area contributed by atoms with Gasteiger partial charge in [0.2, 0.25) is 10.0 Å². The van der Waals surface area contributed by atoms with E-state index < -0.39 is 16.3 Å². The van der Waals surface area contributed by atoms with Crippen LogP contribution in [0.25, 0.3) is 10.8 Å². The second-order valence-corrected chi connectivity index (χ2v) is 8.97. The maximum absolute atomic E-state index is 13.2. The summed E-state index contributed by atoms with van der Waals surface area (Å²) in [4.78, 5) is 0.240. The smallest absolute Gasteiger partial charge is 0.246 e. The van der Waals surface area contributed by atoms with E-state index in [2.05, 4.69) is 0 Å². The zero-order valence-corrected chi connectivity index (χ0v) is 16.5. The molecule has 0 aliphatic carbocycles. The quantitative estimate of drug-likeness (QED) is 0.618. The number of halogens is 1. The summed E-state index contributed by atoms with van der Waals surface area (Å²) < 4.78 is 33.9. The van der Waals surface area contributed by atoms with Gasteiger partial charge < -0.3 is 4.74 Å². The minimum Gasteiger partial charge on any atom is -0.474 e. The van der Waals surface area contributed by atoms with Crippen LogP contribution in [0.4, 0.5) is 0 Å². The van der Waals surface area contributed by atoms with Crippen molar-refractivity contribution in [1.29, 1.82) is 0 Å². The van der Waals surface area contributed by atoms with E-state index in [1.54, 1.807) is 25.1 Å². The fourth-order valence-electron chi connectivity index (χ4n) is 3.49. The lowest BCUT2D eigenvalue weighted by Crippen LogP contribution is -2.39. The Kier molecular flexibility index (Phi) is 4.84. The zero-order chi connectivity index (χ0) is 19.0. The Bertz CT molecular complexity index is 1100. The third kappa shape index (κ3) is 3.43. The summed E-state index contributed by atoms with van der Waals surface area (Å²) in [6.45, 7) is 2.16. The van der Waals surface area contributed by atoms with Crippen LogP contribution in [0.2, 0.25) is 5.02 Å². The van der Waals surface area contributed by atoms with Crippen molar-refractivity contribution in [3.05, 3.63) is 71.2 Å². The molecule has 0 radical (unpaired) electrons. The average molecular weight is 402 g/mol. The standard InChI is InChI=1S/C21H20ClNO3S/c1-15-19(22)8-4-9-20(15)27(24,25)23-13-5-10-21(23)26-18-12-11-16-6-2-3-7-17(16)14-18/h2-4,6-9,11-12,14,21H,5,10,13H2,1H3/t21-/m0/s1. The fourth-order valence-corrected chi connectivity index (χ4v) is 5.55. The van der Waals surface area contributed by atoms with Gasteiger partial charge in [0.05, 0.1) is 4.90 Å². The Balaban J connectivity index is 1.64. The van der Waals surface area contributed by atoms with Crippen LogP contribution in [0.3, 0.4) is 0 Å². The molecule has 0 saturated carbocycles. The maximum atomic E-state index is 13.2. The first-order valence-corrected chi connectivity index (χ1v) is 10.7. The van der Waals surface area contributed by atoms with E-state index in [0.717, 1.165) is 17.2 Å². The first-order chi connectivity index (χ1) is 13.0. The van der Waals surface area contributed by atoms with Crippen molar-refractivity contribution in [3.63, 3.8) is 0 Å². The summed E-state index contributed by atoms with van der Waals surface area (Å²) in [6.07, 6.45) is 0.900. The predicted molar refractivity (Wildman–Crippen MR) is 108 cm³/mol. The number of nitrogens with zero attached hydrogens (tertiary/aromatic N) is 1. The molecule has 1 atom stereocenters. The van der Waals surface area contributed by atoms with Crippen molar-refractivity contribution in [2.24, 2.45) is 0 Å². The van der Waals surface area contributed by atoms with Crippen LogP contribution < -0.4 is 4.74 Å². The molecule has 6 heteroatoms. The zero-order valence-electron chi connectivity index (χ0n) is 14.9. The summed E-state index contributed by atoms with van der Waals surface area (Å²) in [5.74, 6) is 0.670. The van der Waals surface area contributed by atoms with Gasteiger partial charge in [-0.1, -0.05) is 48.0 Å². The van der Waals surface area contributed by atoms with Gasteiger partial charge in [0.15, 0.2) is 6.23 Å². The van der Waals surface area contributed by atoms with Crippen molar-refractivity contribution in [3.8, 4) is 5.75 Å². The second-order valence-electron chi connectivity index (χ2n) is 6.70. The van der Waals surface area contributed by atoms with Crippen molar-refractivity contribution in [2.75, 3.05) is 6.54 Å². The molecule has 0 bridgehead atoms. The summed E-state index contributed by atoms with van der Waals surface area (Å²) in [5, 5.41) is 2.63. The maximum Gasteiger partial charge on any atom is 0.246 e. The van der Waals surface area contributed by atoms with Crippen LogP contribution >= 0.6 is 11.6 Å². The van der Waals surface area contributed by atoms with Gasteiger partial charge in [-0.3, -0.25) is 0 Å². The molecule has 1 fully saturated rings. The van der Waals surface area contributed by atoms with Crippen LogP contribution in [0.1, 0.15) is 18.4 Å². The van der Waals surface area contributed by atoms with Gasteiger partial charge in [-0.2, -0.15) is 4.31 Å². The third-order valence-electron chi connectivity index (χ3n) is 4.95. The minimum atomic E-state index is -3.68. The highest BCUT2D eigenvalue weighted by Gasteiger charge is 2.37. The summed E-state index contributed by atoms with van der Waals surface area (Å²) in [6, 6.07) is 18.8. The molecule has 0 amide bonds. The van der Waals surface area contributed by atoms with E-state index in [-0.39, 0.29) is 4.90 Å². The normalized spacial score (nSPS) is 18.1. The van der Waals surface area contributed by atoms with E-state index in [1.165, 1.54) is 4.31 Å². The lowest BCUT2D eigenvalue weighted by molar-refractivity contribution is 0.120. The number of sulfonamides is 1. The third-order valence-corrected chi connectivity index (χ3v) is 7.39. The number of benzene rings is 3. The highest BCUT2D eigenvalue weighted by molar-refractivity contribution is 7.89. The topological polar surface area (TPSA) is 46.6 Å². The lowest BCUT2D eigenvalue weighted by Gasteiger charge is -2.25. The van der Waals surface area contributed by atoms with Crippen LogP contribution in [0, 0.1) is 6.92 Å². The largest absolute Gasteiger partial charge is 0.474 e. The molecule has 0 N–H and O–H groups in total.